The molecule has 2 fully saturated rings. The fraction of sp³-hybridized carbons (Fsp3) is 0.765. The minimum Gasteiger partial charge on any atom is -0.463 e. The highest BCUT2D eigenvalue weighted by Crippen LogP contribution is 2.27. The molecule has 0 atom stereocenters. The van der Waals surface area contributed by atoms with Crippen molar-refractivity contribution in [3.63, 3.8) is 0 Å². The van der Waals surface area contributed by atoms with Crippen LogP contribution in [0.2, 0.25) is 0 Å². The summed E-state index contributed by atoms with van der Waals surface area (Å²) in [5.74, 6) is 3.11. The molecule has 2 saturated carbocycles. The van der Waals surface area contributed by atoms with Crippen molar-refractivity contribution in [1.29, 1.82) is 0 Å². The minimum absolute atomic E-state index is 0.740. The molecule has 0 spiro atoms. The second-order valence-corrected chi connectivity index (χ2v) is 6.85. The van der Waals surface area contributed by atoms with Crippen LogP contribution in [-0.2, 0) is 13.1 Å². The lowest BCUT2D eigenvalue weighted by atomic mass is 9.87. The molecular weight excluding hydrogens is 248 g/mol. The van der Waals surface area contributed by atoms with Gasteiger partial charge >= 0.3 is 0 Å². The molecule has 3 rings (SSSR count). The van der Waals surface area contributed by atoms with Crippen LogP contribution in [0, 0.1) is 5.92 Å². The van der Waals surface area contributed by atoms with Crippen molar-refractivity contribution in [2.45, 2.75) is 70.6 Å². The highest BCUT2D eigenvalue weighted by Gasteiger charge is 2.23. The first-order valence-corrected chi connectivity index (χ1v) is 8.22. The highest BCUT2D eigenvalue weighted by molar-refractivity contribution is 5.07. The molecule has 3 heteroatoms. The van der Waals surface area contributed by atoms with Gasteiger partial charge in [-0.2, -0.15) is 0 Å². The van der Waals surface area contributed by atoms with Gasteiger partial charge in [-0.05, 0) is 63.6 Å². The van der Waals surface area contributed by atoms with Crippen LogP contribution in [0.3, 0.4) is 0 Å². The summed E-state index contributed by atoms with van der Waals surface area (Å²) in [7, 11) is 2.24. The summed E-state index contributed by atoms with van der Waals surface area (Å²) in [6.45, 7) is 4.21. The van der Waals surface area contributed by atoms with E-state index < -0.39 is 0 Å². The average Bonchev–Trinajstić information content (AvgIpc) is 3.17. The number of nitrogens with zero attached hydrogens (tertiary/aromatic N) is 1. The molecule has 20 heavy (non-hydrogen) atoms. The van der Waals surface area contributed by atoms with Gasteiger partial charge in [-0.15, -0.1) is 0 Å². The summed E-state index contributed by atoms with van der Waals surface area (Å²) < 4.78 is 5.94. The van der Waals surface area contributed by atoms with E-state index in [0.29, 0.717) is 0 Å². The first-order valence-electron chi connectivity index (χ1n) is 8.22. The van der Waals surface area contributed by atoms with Gasteiger partial charge in [0.05, 0.1) is 13.1 Å². The molecule has 1 aromatic rings. The predicted octanol–water partition coefficient (Wildman–Crippen LogP) is 3.54. The summed E-state index contributed by atoms with van der Waals surface area (Å²) in [6.07, 6.45) is 8.10. The van der Waals surface area contributed by atoms with Gasteiger partial charge in [0.25, 0.3) is 0 Å². The van der Waals surface area contributed by atoms with Crippen LogP contribution >= 0.6 is 0 Å². The van der Waals surface area contributed by atoms with Gasteiger partial charge in [0.15, 0.2) is 0 Å². The van der Waals surface area contributed by atoms with Gasteiger partial charge in [0.1, 0.15) is 11.5 Å². The van der Waals surface area contributed by atoms with Crippen LogP contribution in [-0.4, -0.2) is 24.0 Å². The van der Waals surface area contributed by atoms with Crippen LogP contribution < -0.4 is 5.32 Å². The number of hydrogen-bond donors (Lipinski definition) is 1. The Morgan fingerprint density at radius 2 is 1.80 bits per heavy atom. The third-order valence-electron chi connectivity index (χ3n) is 4.87. The molecule has 0 radical (unpaired) electrons. The Hall–Kier alpha value is -0.800. The van der Waals surface area contributed by atoms with Crippen LogP contribution in [0.15, 0.2) is 16.5 Å². The second-order valence-electron chi connectivity index (χ2n) is 6.85. The fourth-order valence-electron chi connectivity index (χ4n) is 3.19. The fourth-order valence-corrected chi connectivity index (χ4v) is 3.19. The third-order valence-corrected chi connectivity index (χ3v) is 4.87. The van der Waals surface area contributed by atoms with E-state index in [-0.39, 0.29) is 0 Å². The summed E-state index contributed by atoms with van der Waals surface area (Å²) >= 11 is 0. The van der Waals surface area contributed by atoms with E-state index in [4.69, 9.17) is 4.42 Å². The van der Waals surface area contributed by atoms with Gasteiger partial charge in [0.2, 0.25) is 0 Å². The van der Waals surface area contributed by atoms with E-state index in [0.717, 1.165) is 42.6 Å². The Labute approximate surface area is 122 Å². The Kier molecular flexibility index (Phi) is 4.47. The van der Waals surface area contributed by atoms with Crippen molar-refractivity contribution in [2.75, 3.05) is 7.05 Å². The highest BCUT2D eigenvalue weighted by atomic mass is 16.3. The van der Waals surface area contributed by atoms with E-state index in [2.05, 4.69) is 36.3 Å². The molecule has 0 bridgehead atoms. The quantitative estimate of drug-likeness (QED) is 0.861. The van der Waals surface area contributed by atoms with Crippen molar-refractivity contribution < 1.29 is 4.42 Å². The average molecular weight is 276 g/mol. The standard InChI is InChI=1S/C17H28N2O/c1-13-3-7-15(8-4-13)19(2)12-17-10-9-16(20-17)11-18-14-5-6-14/h9-10,13-15,18H,3-8,11-12H2,1-2H3. The van der Waals surface area contributed by atoms with E-state index >= 15 is 0 Å². The Bertz CT molecular complexity index is 416. The van der Waals surface area contributed by atoms with Gasteiger partial charge in [-0.1, -0.05) is 6.92 Å². The molecule has 0 aromatic carbocycles. The number of hydrogen-bond acceptors (Lipinski definition) is 3. The molecule has 0 unspecified atom stereocenters. The normalized spacial score (nSPS) is 27.1. The third kappa shape index (κ3) is 3.86. The molecule has 0 amide bonds. The SMILES string of the molecule is CC1CCC(N(C)Cc2ccc(CNC3CC3)o2)CC1. The summed E-state index contributed by atoms with van der Waals surface area (Å²) in [6, 6.07) is 5.76. The van der Waals surface area contributed by atoms with E-state index in [1.807, 2.05) is 0 Å². The van der Waals surface area contributed by atoms with E-state index in [9.17, 15) is 0 Å². The molecule has 2 aliphatic rings. The summed E-state index contributed by atoms with van der Waals surface area (Å²) in [4.78, 5) is 2.48. The summed E-state index contributed by atoms with van der Waals surface area (Å²) in [5, 5.41) is 3.50. The zero-order chi connectivity index (χ0) is 13.9. The maximum atomic E-state index is 5.94. The first kappa shape index (κ1) is 14.2. The molecule has 1 N–H and O–H groups in total. The molecule has 2 aliphatic carbocycles. The number of nitrogens with one attached hydrogen (secondary N) is 1. The lowest BCUT2D eigenvalue weighted by Gasteiger charge is -2.33. The molecular formula is C17H28N2O. The predicted molar refractivity (Wildman–Crippen MR) is 81.5 cm³/mol. The van der Waals surface area contributed by atoms with Gasteiger partial charge in [-0.3, -0.25) is 4.90 Å². The second kappa shape index (κ2) is 6.31. The van der Waals surface area contributed by atoms with Crippen LogP contribution in [0.4, 0.5) is 0 Å². The Morgan fingerprint density at radius 1 is 1.10 bits per heavy atom. The lowest BCUT2D eigenvalue weighted by molar-refractivity contribution is 0.154. The maximum Gasteiger partial charge on any atom is 0.118 e. The summed E-state index contributed by atoms with van der Waals surface area (Å²) in [5.41, 5.74) is 0. The smallest absolute Gasteiger partial charge is 0.118 e. The number of rotatable bonds is 6. The van der Waals surface area contributed by atoms with Crippen molar-refractivity contribution >= 4 is 0 Å². The van der Waals surface area contributed by atoms with Gasteiger partial charge in [0, 0.05) is 12.1 Å². The van der Waals surface area contributed by atoms with Crippen molar-refractivity contribution in [3.05, 3.63) is 23.7 Å². The molecule has 1 aromatic heterocycles. The zero-order valence-corrected chi connectivity index (χ0v) is 12.9. The van der Waals surface area contributed by atoms with Crippen LogP contribution in [0.1, 0.15) is 57.0 Å². The van der Waals surface area contributed by atoms with E-state index in [1.54, 1.807) is 0 Å². The minimum atomic E-state index is 0.740. The van der Waals surface area contributed by atoms with Crippen molar-refractivity contribution in [1.82, 2.24) is 10.2 Å². The topological polar surface area (TPSA) is 28.4 Å². The molecule has 112 valence electrons. The van der Waals surface area contributed by atoms with Crippen molar-refractivity contribution in [2.24, 2.45) is 5.92 Å². The molecule has 3 nitrogen and oxygen atoms in total. The van der Waals surface area contributed by atoms with Gasteiger partial charge < -0.3 is 9.73 Å². The maximum absolute atomic E-state index is 5.94. The first-order chi connectivity index (χ1) is 9.70. The zero-order valence-electron chi connectivity index (χ0n) is 12.9. The largest absolute Gasteiger partial charge is 0.463 e. The molecule has 0 saturated heterocycles. The monoisotopic (exact) mass is 276 g/mol. The Balaban J connectivity index is 1.46. The van der Waals surface area contributed by atoms with Crippen LogP contribution in [0.25, 0.3) is 0 Å². The Morgan fingerprint density at radius 3 is 2.50 bits per heavy atom. The van der Waals surface area contributed by atoms with Crippen LogP contribution in [0.5, 0.6) is 0 Å². The lowest BCUT2D eigenvalue weighted by Crippen LogP contribution is -2.34. The number of furan rings is 1. The molecule has 1 heterocycles. The van der Waals surface area contributed by atoms with E-state index in [1.165, 1.54) is 38.5 Å². The van der Waals surface area contributed by atoms with Gasteiger partial charge in [-0.25, -0.2) is 0 Å². The van der Waals surface area contributed by atoms with Crippen molar-refractivity contribution in [3.8, 4) is 0 Å². The molecule has 0 aliphatic heterocycles.